The highest BCUT2D eigenvalue weighted by Gasteiger charge is 2.07. The molecular weight excluding hydrogens is 152 g/mol. The normalized spacial score (nSPS) is 13.1. The smallest absolute Gasteiger partial charge is 0.129 e. The number of aliphatic hydroxyl groups excluding tert-OH is 1. The molecule has 0 saturated heterocycles. The van der Waals surface area contributed by atoms with Crippen molar-refractivity contribution >= 4 is 8.07 Å². The highest BCUT2D eigenvalue weighted by molar-refractivity contribution is 6.83. The zero-order valence-corrected chi connectivity index (χ0v) is 8.52. The van der Waals surface area contributed by atoms with Gasteiger partial charge in [0.15, 0.2) is 0 Å². The maximum atomic E-state index is 9.19. The molecule has 0 aliphatic heterocycles. The van der Waals surface area contributed by atoms with Gasteiger partial charge in [0.2, 0.25) is 0 Å². The summed E-state index contributed by atoms with van der Waals surface area (Å²) >= 11 is 0. The molecular formula is C9H16OSi. The first-order valence-electron chi connectivity index (χ1n) is 3.77. The van der Waals surface area contributed by atoms with E-state index in [2.05, 4.69) is 37.7 Å². The van der Waals surface area contributed by atoms with Gasteiger partial charge in [-0.2, -0.15) is 0 Å². The molecule has 0 aromatic heterocycles. The fraction of sp³-hybridized carbons (Fsp3) is 0.556. The van der Waals surface area contributed by atoms with Gasteiger partial charge in [-0.25, -0.2) is 0 Å². The lowest BCUT2D eigenvalue weighted by Crippen LogP contribution is -2.17. The van der Waals surface area contributed by atoms with Crippen LogP contribution in [0.25, 0.3) is 0 Å². The topological polar surface area (TPSA) is 20.2 Å². The second-order valence-electron chi connectivity index (χ2n) is 3.56. The van der Waals surface area contributed by atoms with Crippen molar-refractivity contribution in [2.45, 2.75) is 32.2 Å². The Morgan fingerprint density at radius 1 is 1.55 bits per heavy atom. The van der Waals surface area contributed by atoms with Crippen LogP contribution in [-0.4, -0.2) is 19.3 Å². The molecule has 0 aliphatic rings. The molecule has 1 N–H and O–H groups in total. The SMILES string of the molecule is C=CC[C@H](O)C#C[Si](C)(C)C. The highest BCUT2D eigenvalue weighted by Crippen LogP contribution is 1.97. The Balaban J connectivity index is 3.96. The van der Waals surface area contributed by atoms with Gasteiger partial charge >= 0.3 is 0 Å². The largest absolute Gasteiger partial charge is 0.380 e. The number of hydrogen-bond donors (Lipinski definition) is 1. The van der Waals surface area contributed by atoms with Gasteiger partial charge in [-0.1, -0.05) is 31.6 Å². The average molecular weight is 168 g/mol. The fourth-order valence-electron chi connectivity index (χ4n) is 0.517. The maximum absolute atomic E-state index is 9.19. The Hall–Kier alpha value is -0.523. The van der Waals surface area contributed by atoms with Crippen molar-refractivity contribution in [2.75, 3.05) is 0 Å². The average Bonchev–Trinajstić information content (AvgIpc) is 1.83. The van der Waals surface area contributed by atoms with Gasteiger partial charge in [-0.3, -0.25) is 0 Å². The third kappa shape index (κ3) is 7.37. The van der Waals surface area contributed by atoms with Gasteiger partial charge in [-0.05, 0) is 0 Å². The van der Waals surface area contributed by atoms with Gasteiger partial charge in [0.05, 0.1) is 0 Å². The zero-order valence-electron chi connectivity index (χ0n) is 7.52. The molecule has 0 saturated carbocycles. The molecule has 0 unspecified atom stereocenters. The minimum atomic E-state index is -1.30. The van der Waals surface area contributed by atoms with E-state index in [1.165, 1.54) is 0 Å². The van der Waals surface area contributed by atoms with Crippen molar-refractivity contribution in [3.05, 3.63) is 12.7 Å². The minimum Gasteiger partial charge on any atom is -0.380 e. The predicted octanol–water partition coefficient (Wildman–Crippen LogP) is 1.80. The Morgan fingerprint density at radius 3 is 2.45 bits per heavy atom. The van der Waals surface area contributed by atoms with E-state index in [0.717, 1.165) is 0 Å². The van der Waals surface area contributed by atoms with Crippen molar-refractivity contribution in [3.63, 3.8) is 0 Å². The van der Waals surface area contributed by atoms with E-state index in [9.17, 15) is 5.11 Å². The molecule has 0 spiro atoms. The van der Waals surface area contributed by atoms with Crippen LogP contribution in [0.4, 0.5) is 0 Å². The first-order chi connectivity index (χ1) is 4.95. The van der Waals surface area contributed by atoms with Crippen LogP contribution < -0.4 is 0 Å². The molecule has 2 heteroatoms. The summed E-state index contributed by atoms with van der Waals surface area (Å²) in [7, 11) is -1.30. The summed E-state index contributed by atoms with van der Waals surface area (Å²) in [5, 5.41) is 9.19. The summed E-state index contributed by atoms with van der Waals surface area (Å²) < 4.78 is 0. The summed E-state index contributed by atoms with van der Waals surface area (Å²) in [6.07, 6.45) is 1.74. The van der Waals surface area contributed by atoms with Crippen molar-refractivity contribution in [2.24, 2.45) is 0 Å². The van der Waals surface area contributed by atoms with Crippen molar-refractivity contribution in [3.8, 4) is 11.5 Å². The molecule has 0 aliphatic carbocycles. The Kier molecular flexibility index (Phi) is 4.17. The van der Waals surface area contributed by atoms with Gasteiger partial charge < -0.3 is 5.11 Å². The predicted molar refractivity (Wildman–Crippen MR) is 51.9 cm³/mol. The third-order valence-electron chi connectivity index (χ3n) is 1.00. The molecule has 0 aromatic rings. The summed E-state index contributed by atoms with van der Waals surface area (Å²) in [5.41, 5.74) is 3.10. The second kappa shape index (κ2) is 4.37. The number of aliphatic hydroxyl groups is 1. The first-order valence-corrected chi connectivity index (χ1v) is 7.27. The van der Waals surface area contributed by atoms with Crippen molar-refractivity contribution < 1.29 is 5.11 Å². The van der Waals surface area contributed by atoms with E-state index in [1.807, 2.05) is 0 Å². The molecule has 11 heavy (non-hydrogen) atoms. The molecule has 0 bridgehead atoms. The lowest BCUT2D eigenvalue weighted by atomic mass is 10.3. The Morgan fingerprint density at radius 2 is 2.09 bits per heavy atom. The first kappa shape index (κ1) is 10.5. The fourth-order valence-corrected chi connectivity index (χ4v) is 1.12. The van der Waals surface area contributed by atoms with E-state index < -0.39 is 14.2 Å². The second-order valence-corrected chi connectivity index (χ2v) is 8.31. The quantitative estimate of drug-likeness (QED) is 0.379. The van der Waals surface area contributed by atoms with Crippen LogP contribution in [0.2, 0.25) is 19.6 Å². The third-order valence-corrected chi connectivity index (χ3v) is 1.90. The van der Waals surface area contributed by atoms with E-state index in [-0.39, 0.29) is 0 Å². The maximum Gasteiger partial charge on any atom is 0.129 e. The number of rotatable bonds is 2. The van der Waals surface area contributed by atoms with Crippen LogP contribution in [0.5, 0.6) is 0 Å². The van der Waals surface area contributed by atoms with Crippen LogP contribution >= 0.6 is 0 Å². The van der Waals surface area contributed by atoms with E-state index in [1.54, 1.807) is 6.08 Å². The zero-order chi connectivity index (χ0) is 8.91. The minimum absolute atomic E-state index is 0.515. The summed E-state index contributed by atoms with van der Waals surface area (Å²) in [4.78, 5) is 0. The molecule has 1 atom stereocenters. The lowest BCUT2D eigenvalue weighted by Gasteiger charge is -2.04. The highest BCUT2D eigenvalue weighted by atomic mass is 28.3. The van der Waals surface area contributed by atoms with E-state index in [4.69, 9.17) is 0 Å². The summed E-state index contributed by atoms with van der Waals surface area (Å²) in [6.45, 7) is 9.99. The van der Waals surface area contributed by atoms with Crippen LogP contribution in [-0.2, 0) is 0 Å². The van der Waals surface area contributed by atoms with Crippen LogP contribution in [0.15, 0.2) is 12.7 Å². The van der Waals surface area contributed by atoms with Gasteiger partial charge in [0, 0.05) is 6.42 Å². The van der Waals surface area contributed by atoms with Crippen LogP contribution in [0.1, 0.15) is 6.42 Å². The van der Waals surface area contributed by atoms with E-state index in [0.29, 0.717) is 6.42 Å². The lowest BCUT2D eigenvalue weighted by molar-refractivity contribution is 0.236. The Labute approximate surface area is 70.1 Å². The molecule has 0 heterocycles. The monoisotopic (exact) mass is 168 g/mol. The molecule has 0 amide bonds. The molecule has 62 valence electrons. The molecule has 1 nitrogen and oxygen atoms in total. The van der Waals surface area contributed by atoms with Crippen molar-refractivity contribution in [1.82, 2.24) is 0 Å². The van der Waals surface area contributed by atoms with Crippen LogP contribution in [0, 0.1) is 11.5 Å². The van der Waals surface area contributed by atoms with E-state index >= 15 is 0 Å². The Bertz CT molecular complexity index is 180. The standard InChI is InChI=1S/C9H16OSi/c1-5-6-9(10)7-8-11(2,3)4/h5,9-10H,1,6H2,2-4H3/t9-/m0/s1. The van der Waals surface area contributed by atoms with Crippen LogP contribution in [0.3, 0.4) is 0 Å². The molecule has 0 aromatic carbocycles. The molecule has 0 rings (SSSR count). The molecule has 0 fully saturated rings. The number of hydrogen-bond acceptors (Lipinski definition) is 1. The van der Waals surface area contributed by atoms with Gasteiger partial charge in [0.1, 0.15) is 14.2 Å². The van der Waals surface area contributed by atoms with Crippen molar-refractivity contribution in [1.29, 1.82) is 0 Å². The molecule has 0 radical (unpaired) electrons. The summed E-state index contributed by atoms with van der Waals surface area (Å²) in [6, 6.07) is 0. The van der Waals surface area contributed by atoms with Gasteiger partial charge in [-0.15, -0.1) is 12.1 Å². The van der Waals surface area contributed by atoms with Gasteiger partial charge in [0.25, 0.3) is 0 Å². The summed E-state index contributed by atoms with van der Waals surface area (Å²) in [5.74, 6) is 2.82.